The highest BCUT2D eigenvalue weighted by Crippen LogP contribution is 2.29. The van der Waals surface area contributed by atoms with E-state index >= 15 is 0 Å². The lowest BCUT2D eigenvalue weighted by Gasteiger charge is -2.15. The highest BCUT2D eigenvalue weighted by Gasteiger charge is 2.09. The Morgan fingerprint density at radius 3 is 2.74 bits per heavy atom. The van der Waals surface area contributed by atoms with Crippen LogP contribution in [0.15, 0.2) is 47.3 Å². The molecule has 1 aromatic heterocycles. The average Bonchev–Trinajstić information content (AvgIpc) is 3.07. The molecule has 0 aliphatic heterocycles. The number of aliphatic hydroxyl groups excluding tert-OH is 1. The van der Waals surface area contributed by atoms with Gasteiger partial charge in [0.15, 0.2) is 0 Å². The predicted octanol–water partition coefficient (Wildman–Crippen LogP) is 2.27. The molecule has 2 rings (SSSR count). The second-order valence-electron chi connectivity index (χ2n) is 5.79. The van der Waals surface area contributed by atoms with Crippen LogP contribution in [0.25, 0.3) is 11.1 Å². The number of hydrogen-bond donors (Lipinski definition) is 3. The van der Waals surface area contributed by atoms with E-state index in [1.807, 2.05) is 30.3 Å². The van der Waals surface area contributed by atoms with Gasteiger partial charge in [0.05, 0.1) is 12.5 Å². The third-order valence-corrected chi connectivity index (χ3v) is 3.38. The maximum absolute atomic E-state index is 10.0. The molecule has 0 spiro atoms. The summed E-state index contributed by atoms with van der Waals surface area (Å²) in [7, 11) is 0. The summed E-state index contributed by atoms with van der Waals surface area (Å²) in [5.41, 5.74) is 1.93. The molecule has 0 bridgehead atoms. The van der Waals surface area contributed by atoms with Gasteiger partial charge in [-0.3, -0.25) is 0 Å². The van der Waals surface area contributed by atoms with Gasteiger partial charge in [-0.2, -0.15) is 0 Å². The topological polar surface area (TPSA) is 66.7 Å². The van der Waals surface area contributed by atoms with Crippen molar-refractivity contribution in [2.75, 3.05) is 26.2 Å². The fraction of sp³-hybridized carbons (Fsp3) is 0.444. The van der Waals surface area contributed by atoms with E-state index in [1.165, 1.54) is 0 Å². The van der Waals surface area contributed by atoms with Crippen molar-refractivity contribution in [3.05, 3.63) is 42.9 Å². The van der Waals surface area contributed by atoms with Crippen LogP contribution < -0.4 is 15.4 Å². The fourth-order valence-electron chi connectivity index (χ4n) is 2.21. The lowest BCUT2D eigenvalue weighted by molar-refractivity contribution is 0.107. The molecule has 0 saturated carbocycles. The van der Waals surface area contributed by atoms with E-state index in [0.717, 1.165) is 30.0 Å². The quantitative estimate of drug-likeness (QED) is 0.587. The Hall–Kier alpha value is -1.82. The minimum absolute atomic E-state index is 0.249. The van der Waals surface area contributed by atoms with Crippen molar-refractivity contribution in [2.24, 2.45) is 0 Å². The van der Waals surface area contributed by atoms with Gasteiger partial charge in [0.1, 0.15) is 18.5 Å². The molecule has 2 aromatic rings. The van der Waals surface area contributed by atoms with Crippen LogP contribution in [0.3, 0.4) is 0 Å². The summed E-state index contributed by atoms with van der Waals surface area (Å²) in [6.45, 7) is 6.68. The molecular formula is C18H26N2O3. The maximum Gasteiger partial charge on any atom is 0.127 e. The van der Waals surface area contributed by atoms with Crippen molar-refractivity contribution in [1.82, 2.24) is 10.6 Å². The third kappa shape index (κ3) is 6.06. The summed E-state index contributed by atoms with van der Waals surface area (Å²) in [5, 5.41) is 16.5. The smallest absolute Gasteiger partial charge is 0.127 e. The minimum Gasteiger partial charge on any atom is -0.490 e. The molecule has 0 saturated heterocycles. The zero-order valence-electron chi connectivity index (χ0n) is 13.8. The van der Waals surface area contributed by atoms with Gasteiger partial charge in [0, 0.05) is 36.8 Å². The second-order valence-corrected chi connectivity index (χ2v) is 5.79. The molecule has 0 fully saturated rings. The molecule has 1 aromatic carbocycles. The van der Waals surface area contributed by atoms with E-state index < -0.39 is 6.10 Å². The first-order chi connectivity index (χ1) is 11.2. The number of aliphatic hydroxyl groups is 1. The van der Waals surface area contributed by atoms with Crippen LogP contribution in [0.1, 0.15) is 13.8 Å². The van der Waals surface area contributed by atoms with Gasteiger partial charge in [0.2, 0.25) is 0 Å². The molecule has 0 radical (unpaired) electrons. The third-order valence-electron chi connectivity index (χ3n) is 3.38. The van der Waals surface area contributed by atoms with Crippen LogP contribution in [-0.4, -0.2) is 43.5 Å². The first-order valence-electron chi connectivity index (χ1n) is 8.03. The standard InChI is InChI=1S/C18H26N2O3/c1-14(2)20-9-8-19-11-16(21)13-23-18-6-4-3-5-17(18)15-7-10-22-12-15/h3-7,10,12,14,16,19-21H,8-9,11,13H2,1-2H3. The molecule has 5 nitrogen and oxygen atoms in total. The van der Waals surface area contributed by atoms with E-state index in [-0.39, 0.29) is 6.61 Å². The Bertz CT molecular complexity index is 555. The van der Waals surface area contributed by atoms with E-state index in [1.54, 1.807) is 12.5 Å². The summed E-state index contributed by atoms with van der Waals surface area (Å²) < 4.78 is 10.9. The van der Waals surface area contributed by atoms with E-state index in [9.17, 15) is 5.11 Å². The van der Waals surface area contributed by atoms with Crippen molar-refractivity contribution >= 4 is 0 Å². The largest absolute Gasteiger partial charge is 0.490 e. The lowest BCUT2D eigenvalue weighted by Crippen LogP contribution is -2.37. The molecule has 3 N–H and O–H groups in total. The van der Waals surface area contributed by atoms with E-state index in [4.69, 9.17) is 9.15 Å². The zero-order chi connectivity index (χ0) is 16.5. The van der Waals surface area contributed by atoms with Gasteiger partial charge in [-0.1, -0.05) is 32.0 Å². The number of benzene rings is 1. The SMILES string of the molecule is CC(C)NCCNCC(O)COc1ccccc1-c1ccoc1. The van der Waals surface area contributed by atoms with Crippen molar-refractivity contribution in [3.8, 4) is 16.9 Å². The minimum atomic E-state index is -0.550. The first kappa shape index (κ1) is 17.5. The maximum atomic E-state index is 10.0. The lowest BCUT2D eigenvalue weighted by atomic mass is 10.1. The number of rotatable bonds is 10. The van der Waals surface area contributed by atoms with E-state index in [2.05, 4.69) is 24.5 Å². The highest BCUT2D eigenvalue weighted by molar-refractivity contribution is 5.69. The Morgan fingerprint density at radius 1 is 1.17 bits per heavy atom. The van der Waals surface area contributed by atoms with Gasteiger partial charge in [-0.05, 0) is 12.1 Å². The molecule has 0 amide bonds. The van der Waals surface area contributed by atoms with Crippen LogP contribution in [0.2, 0.25) is 0 Å². The summed E-state index contributed by atoms with van der Waals surface area (Å²) in [4.78, 5) is 0. The van der Waals surface area contributed by atoms with Gasteiger partial charge >= 0.3 is 0 Å². The number of furan rings is 1. The number of para-hydroxylation sites is 1. The van der Waals surface area contributed by atoms with Gasteiger partial charge in [-0.15, -0.1) is 0 Å². The Balaban J connectivity index is 1.75. The monoisotopic (exact) mass is 318 g/mol. The summed E-state index contributed by atoms with van der Waals surface area (Å²) in [6, 6.07) is 10.1. The van der Waals surface area contributed by atoms with Crippen molar-refractivity contribution in [1.29, 1.82) is 0 Å². The van der Waals surface area contributed by atoms with Crippen LogP contribution >= 0.6 is 0 Å². The Morgan fingerprint density at radius 2 is 2.00 bits per heavy atom. The van der Waals surface area contributed by atoms with Crippen LogP contribution in [0.5, 0.6) is 5.75 Å². The molecule has 0 aliphatic rings. The number of nitrogens with one attached hydrogen (secondary N) is 2. The normalized spacial score (nSPS) is 12.5. The van der Waals surface area contributed by atoms with Crippen LogP contribution in [-0.2, 0) is 0 Å². The summed E-state index contributed by atoms with van der Waals surface area (Å²) >= 11 is 0. The molecular weight excluding hydrogens is 292 g/mol. The number of hydrogen-bond acceptors (Lipinski definition) is 5. The highest BCUT2D eigenvalue weighted by atomic mass is 16.5. The molecule has 126 valence electrons. The molecule has 0 aliphatic carbocycles. The van der Waals surface area contributed by atoms with Crippen molar-refractivity contribution in [2.45, 2.75) is 26.0 Å². The molecule has 1 heterocycles. The molecule has 5 heteroatoms. The van der Waals surface area contributed by atoms with Crippen molar-refractivity contribution in [3.63, 3.8) is 0 Å². The summed E-state index contributed by atoms with van der Waals surface area (Å²) in [5.74, 6) is 0.745. The zero-order valence-corrected chi connectivity index (χ0v) is 13.8. The Labute approximate surface area is 137 Å². The average molecular weight is 318 g/mol. The molecule has 1 atom stereocenters. The number of ether oxygens (including phenoxy) is 1. The fourth-order valence-corrected chi connectivity index (χ4v) is 2.21. The molecule has 1 unspecified atom stereocenters. The van der Waals surface area contributed by atoms with E-state index in [0.29, 0.717) is 12.6 Å². The summed E-state index contributed by atoms with van der Waals surface area (Å²) in [6.07, 6.45) is 2.77. The second kappa shape index (κ2) is 9.35. The van der Waals surface area contributed by atoms with Crippen molar-refractivity contribution < 1.29 is 14.3 Å². The molecule has 23 heavy (non-hydrogen) atoms. The Kier molecular flexibility index (Phi) is 7.13. The first-order valence-corrected chi connectivity index (χ1v) is 8.03. The van der Waals surface area contributed by atoms with Crippen LogP contribution in [0.4, 0.5) is 0 Å². The predicted molar refractivity (Wildman–Crippen MR) is 91.7 cm³/mol. The van der Waals surface area contributed by atoms with Gasteiger partial charge < -0.3 is 24.9 Å². The van der Waals surface area contributed by atoms with Gasteiger partial charge in [0.25, 0.3) is 0 Å². The van der Waals surface area contributed by atoms with Gasteiger partial charge in [-0.25, -0.2) is 0 Å². The van der Waals surface area contributed by atoms with Crippen LogP contribution in [0, 0.1) is 0 Å².